The van der Waals surface area contributed by atoms with Crippen LogP contribution in [0.3, 0.4) is 0 Å². The Kier molecular flexibility index (Phi) is 3.97. The van der Waals surface area contributed by atoms with E-state index in [0.717, 1.165) is 15.9 Å². The minimum atomic E-state index is -0.0438. The second kappa shape index (κ2) is 5.29. The summed E-state index contributed by atoms with van der Waals surface area (Å²) in [5.74, 6) is 0. The lowest BCUT2D eigenvalue weighted by Gasteiger charge is -2.08. The number of methoxy groups -OCH3 is 1. The third-order valence-corrected chi connectivity index (χ3v) is 4.20. The van der Waals surface area contributed by atoms with E-state index in [1.54, 1.807) is 24.8 Å². The molecule has 0 radical (unpaired) electrons. The van der Waals surface area contributed by atoms with E-state index in [4.69, 9.17) is 16.3 Å². The Morgan fingerprint density at radius 2 is 2.18 bits per heavy atom. The molecule has 5 heteroatoms. The molecule has 1 atom stereocenters. The largest absolute Gasteiger partial charge is 0.383 e. The maximum absolute atomic E-state index is 6.19. The van der Waals surface area contributed by atoms with E-state index in [-0.39, 0.29) is 5.38 Å². The Morgan fingerprint density at radius 1 is 1.41 bits per heavy atom. The zero-order chi connectivity index (χ0) is 12.4. The van der Waals surface area contributed by atoms with E-state index in [9.17, 15) is 0 Å². The summed E-state index contributed by atoms with van der Waals surface area (Å²) in [4.78, 5) is 11.0. The molecule has 2 heterocycles. The zero-order valence-corrected chi connectivity index (χ0v) is 11.7. The van der Waals surface area contributed by atoms with Gasteiger partial charge in [0, 0.05) is 23.8 Å². The topological polar surface area (TPSA) is 35.0 Å². The van der Waals surface area contributed by atoms with Crippen LogP contribution in [-0.4, -0.2) is 29.1 Å². The van der Waals surface area contributed by atoms with Gasteiger partial charge >= 0.3 is 0 Å². The molecule has 0 bridgehead atoms. The molecule has 2 aromatic rings. The van der Waals surface area contributed by atoms with Crippen LogP contribution in [0.15, 0.2) is 6.33 Å². The van der Waals surface area contributed by atoms with Crippen LogP contribution in [-0.2, 0) is 11.2 Å². The van der Waals surface area contributed by atoms with Gasteiger partial charge < -0.3 is 4.74 Å². The molecule has 2 rings (SSSR count). The van der Waals surface area contributed by atoms with E-state index < -0.39 is 0 Å². The molecule has 0 fully saturated rings. The molecule has 0 amide bonds. The van der Waals surface area contributed by atoms with Crippen LogP contribution in [0.4, 0.5) is 0 Å². The fourth-order valence-electron chi connectivity index (χ4n) is 1.86. The molecule has 3 nitrogen and oxygen atoms in total. The van der Waals surface area contributed by atoms with E-state index >= 15 is 0 Å². The molecule has 0 saturated heterocycles. The number of aromatic nitrogens is 2. The summed E-state index contributed by atoms with van der Waals surface area (Å²) < 4.78 is 5.05. The lowest BCUT2D eigenvalue weighted by Crippen LogP contribution is -2.12. The highest BCUT2D eigenvalue weighted by Gasteiger charge is 2.14. The summed E-state index contributed by atoms with van der Waals surface area (Å²) in [5, 5.41) is 1.12. The summed E-state index contributed by atoms with van der Waals surface area (Å²) in [7, 11) is 1.66. The molecule has 0 N–H and O–H groups in total. The molecule has 0 aromatic carbocycles. The number of rotatable bonds is 4. The maximum Gasteiger partial charge on any atom is 0.127 e. The molecule has 17 heavy (non-hydrogen) atoms. The number of nitrogens with zero attached hydrogens (tertiary/aromatic N) is 2. The van der Waals surface area contributed by atoms with Gasteiger partial charge in [0.25, 0.3) is 0 Å². The van der Waals surface area contributed by atoms with Crippen molar-refractivity contribution in [3.05, 3.63) is 22.5 Å². The van der Waals surface area contributed by atoms with E-state index in [0.29, 0.717) is 13.0 Å². The first-order valence-corrected chi connectivity index (χ1v) is 6.71. The average Bonchev–Trinajstić information content (AvgIpc) is 2.56. The molecular weight excluding hydrogens is 256 g/mol. The summed E-state index contributed by atoms with van der Waals surface area (Å²) in [6.45, 7) is 4.76. The fourth-order valence-corrected chi connectivity index (χ4v) is 3.15. The van der Waals surface area contributed by atoms with Crippen LogP contribution in [0.2, 0.25) is 0 Å². The van der Waals surface area contributed by atoms with Crippen LogP contribution >= 0.6 is 22.9 Å². The number of ether oxygens (including phenoxy) is 1. The van der Waals surface area contributed by atoms with Crippen molar-refractivity contribution in [2.24, 2.45) is 0 Å². The van der Waals surface area contributed by atoms with Gasteiger partial charge in [0.1, 0.15) is 11.2 Å². The van der Waals surface area contributed by atoms with Gasteiger partial charge in [-0.1, -0.05) is 0 Å². The van der Waals surface area contributed by atoms with Gasteiger partial charge in [0.15, 0.2) is 0 Å². The zero-order valence-electron chi connectivity index (χ0n) is 10.2. The van der Waals surface area contributed by atoms with Crippen molar-refractivity contribution in [3.8, 4) is 0 Å². The standard InChI is InChI=1S/C12H15ClN2OS/c1-7-8(2)17-12-11(7)10(14-6-15-12)4-9(13)5-16-3/h6,9H,4-5H2,1-3H3. The van der Waals surface area contributed by atoms with Gasteiger partial charge in [0.05, 0.1) is 17.7 Å². The van der Waals surface area contributed by atoms with Crippen molar-refractivity contribution in [1.29, 1.82) is 0 Å². The third kappa shape index (κ3) is 2.59. The Bertz CT molecular complexity index is 526. The number of hydrogen-bond acceptors (Lipinski definition) is 4. The third-order valence-electron chi connectivity index (χ3n) is 2.81. The molecule has 2 aromatic heterocycles. The van der Waals surface area contributed by atoms with Gasteiger partial charge in [-0.3, -0.25) is 0 Å². The first kappa shape index (κ1) is 12.7. The quantitative estimate of drug-likeness (QED) is 0.801. The Hall–Kier alpha value is -0.710. The second-order valence-electron chi connectivity index (χ2n) is 4.04. The summed E-state index contributed by atoms with van der Waals surface area (Å²) >= 11 is 7.90. The highest BCUT2D eigenvalue weighted by atomic mass is 35.5. The SMILES string of the molecule is COCC(Cl)Cc1ncnc2sc(C)c(C)c12. The van der Waals surface area contributed by atoms with Crippen LogP contribution in [0, 0.1) is 13.8 Å². The summed E-state index contributed by atoms with van der Waals surface area (Å²) in [6, 6.07) is 0. The Balaban J connectivity index is 2.40. The van der Waals surface area contributed by atoms with Crippen molar-refractivity contribution < 1.29 is 4.74 Å². The summed E-state index contributed by atoms with van der Waals surface area (Å²) in [5.41, 5.74) is 2.29. The highest BCUT2D eigenvalue weighted by Crippen LogP contribution is 2.30. The number of fused-ring (bicyclic) bond motifs is 1. The average molecular weight is 271 g/mol. The smallest absolute Gasteiger partial charge is 0.127 e. The van der Waals surface area contributed by atoms with Crippen molar-refractivity contribution in [2.45, 2.75) is 25.6 Å². The first-order valence-electron chi connectivity index (χ1n) is 5.46. The lowest BCUT2D eigenvalue weighted by atomic mass is 10.1. The van der Waals surface area contributed by atoms with Crippen LogP contribution in [0.25, 0.3) is 10.2 Å². The van der Waals surface area contributed by atoms with Gasteiger partial charge in [0.2, 0.25) is 0 Å². The molecule has 0 aliphatic heterocycles. The van der Waals surface area contributed by atoms with Gasteiger partial charge in [-0.25, -0.2) is 9.97 Å². The predicted molar refractivity (Wildman–Crippen MR) is 72.1 cm³/mol. The Morgan fingerprint density at radius 3 is 2.88 bits per heavy atom. The Labute approximate surface area is 110 Å². The number of thiophene rings is 1. The fraction of sp³-hybridized carbons (Fsp3) is 0.500. The second-order valence-corrected chi connectivity index (χ2v) is 5.86. The molecule has 92 valence electrons. The normalized spacial score (nSPS) is 13.2. The monoisotopic (exact) mass is 270 g/mol. The lowest BCUT2D eigenvalue weighted by molar-refractivity contribution is 0.197. The summed E-state index contributed by atoms with van der Waals surface area (Å²) in [6.07, 6.45) is 2.33. The molecule has 0 spiro atoms. The molecule has 0 saturated carbocycles. The van der Waals surface area contributed by atoms with Gasteiger partial charge in [-0.2, -0.15) is 0 Å². The maximum atomic E-state index is 6.19. The molecular formula is C12H15ClN2OS. The predicted octanol–water partition coefficient (Wildman–Crippen LogP) is 3.10. The van der Waals surface area contributed by atoms with Crippen molar-refractivity contribution >= 4 is 33.2 Å². The molecule has 0 aliphatic rings. The number of alkyl halides is 1. The van der Waals surface area contributed by atoms with E-state index in [1.165, 1.54) is 10.4 Å². The van der Waals surface area contributed by atoms with Gasteiger partial charge in [-0.15, -0.1) is 22.9 Å². The van der Waals surface area contributed by atoms with E-state index in [1.807, 2.05) is 0 Å². The minimum Gasteiger partial charge on any atom is -0.383 e. The van der Waals surface area contributed by atoms with Crippen LogP contribution in [0.1, 0.15) is 16.1 Å². The van der Waals surface area contributed by atoms with Gasteiger partial charge in [-0.05, 0) is 19.4 Å². The number of aryl methyl sites for hydroxylation is 2. The molecule has 1 unspecified atom stereocenters. The molecule has 0 aliphatic carbocycles. The minimum absolute atomic E-state index is 0.0438. The number of halogens is 1. The number of hydrogen-bond donors (Lipinski definition) is 0. The van der Waals surface area contributed by atoms with Crippen molar-refractivity contribution in [2.75, 3.05) is 13.7 Å². The van der Waals surface area contributed by atoms with Crippen molar-refractivity contribution in [1.82, 2.24) is 9.97 Å². The van der Waals surface area contributed by atoms with Crippen LogP contribution in [0.5, 0.6) is 0 Å². The van der Waals surface area contributed by atoms with Crippen LogP contribution < -0.4 is 0 Å². The first-order chi connectivity index (χ1) is 8.13. The van der Waals surface area contributed by atoms with Crippen molar-refractivity contribution in [3.63, 3.8) is 0 Å². The highest BCUT2D eigenvalue weighted by molar-refractivity contribution is 7.18. The van der Waals surface area contributed by atoms with E-state index in [2.05, 4.69) is 23.8 Å².